The largest absolute Gasteiger partial charge is 0.497 e. The smallest absolute Gasteiger partial charge is 0.260 e. The molecule has 0 spiro atoms. The molecule has 196 valence electrons. The molecular weight excluding hydrogens is 496 g/mol. The summed E-state index contributed by atoms with van der Waals surface area (Å²) < 4.78 is 34.0. The summed E-state index contributed by atoms with van der Waals surface area (Å²) in [4.78, 5) is 22.3. The summed E-state index contributed by atoms with van der Waals surface area (Å²) in [6, 6.07) is 11.9. The molecule has 0 aliphatic carbocycles. The first-order valence-corrected chi connectivity index (χ1v) is 14.5. The van der Waals surface area contributed by atoms with Crippen LogP contribution < -0.4 is 9.64 Å². The van der Waals surface area contributed by atoms with Crippen LogP contribution in [0.4, 0.5) is 5.13 Å². The third kappa shape index (κ3) is 6.61. The average molecular weight is 533 g/mol. The van der Waals surface area contributed by atoms with Crippen LogP contribution in [0.5, 0.6) is 5.75 Å². The van der Waals surface area contributed by atoms with Gasteiger partial charge >= 0.3 is 0 Å². The van der Waals surface area contributed by atoms with Crippen molar-refractivity contribution in [3.8, 4) is 5.75 Å². The van der Waals surface area contributed by atoms with Gasteiger partial charge in [-0.05, 0) is 76.3 Å². The minimum Gasteiger partial charge on any atom is -0.497 e. The summed E-state index contributed by atoms with van der Waals surface area (Å²) in [6.07, 6.45) is 2.25. The van der Waals surface area contributed by atoms with Crippen molar-refractivity contribution in [2.75, 3.05) is 52.3 Å². The number of sulfonamides is 1. The summed E-state index contributed by atoms with van der Waals surface area (Å²) >= 11 is 1.45. The van der Waals surface area contributed by atoms with Gasteiger partial charge in [-0.3, -0.25) is 9.69 Å². The molecule has 3 rings (SSSR count). The van der Waals surface area contributed by atoms with E-state index in [0.29, 0.717) is 36.1 Å². The third-order valence-corrected chi connectivity index (χ3v) is 8.70. The maximum absolute atomic E-state index is 13.6. The van der Waals surface area contributed by atoms with Gasteiger partial charge in [-0.15, -0.1) is 0 Å². The number of aromatic nitrogens is 1. The number of nitrogens with zero attached hydrogens (tertiary/aromatic N) is 4. The van der Waals surface area contributed by atoms with Gasteiger partial charge in [0.15, 0.2) is 5.13 Å². The highest BCUT2D eigenvalue weighted by Gasteiger charge is 2.25. The minimum atomic E-state index is -3.61. The van der Waals surface area contributed by atoms with Crippen molar-refractivity contribution in [2.45, 2.75) is 38.0 Å². The number of ether oxygens (including phenoxy) is 1. The molecule has 0 unspecified atom stereocenters. The van der Waals surface area contributed by atoms with E-state index in [1.807, 2.05) is 46.1 Å². The average Bonchev–Trinajstić information content (AvgIpc) is 3.29. The lowest BCUT2D eigenvalue weighted by molar-refractivity contribution is 0.0986. The van der Waals surface area contributed by atoms with Crippen molar-refractivity contribution in [1.29, 1.82) is 0 Å². The van der Waals surface area contributed by atoms with E-state index >= 15 is 0 Å². The van der Waals surface area contributed by atoms with Crippen LogP contribution in [-0.4, -0.2) is 75.9 Å². The molecule has 1 amide bonds. The highest BCUT2D eigenvalue weighted by Crippen LogP contribution is 2.32. The molecule has 1 heterocycles. The van der Waals surface area contributed by atoms with E-state index in [-0.39, 0.29) is 10.8 Å². The van der Waals surface area contributed by atoms with Crippen molar-refractivity contribution in [2.24, 2.45) is 0 Å². The Morgan fingerprint density at radius 2 is 1.64 bits per heavy atom. The quantitative estimate of drug-likeness (QED) is 0.317. The zero-order valence-corrected chi connectivity index (χ0v) is 23.4. The maximum atomic E-state index is 13.6. The zero-order valence-electron chi connectivity index (χ0n) is 21.7. The number of hydrogen-bond donors (Lipinski definition) is 0. The Morgan fingerprint density at radius 3 is 2.22 bits per heavy atom. The van der Waals surface area contributed by atoms with Crippen molar-refractivity contribution < 1.29 is 17.9 Å². The number of thiazole rings is 1. The molecule has 2 aromatic carbocycles. The molecule has 3 aromatic rings. The van der Waals surface area contributed by atoms with Crippen molar-refractivity contribution in [1.82, 2.24) is 14.2 Å². The molecule has 0 saturated carbocycles. The Kier molecular flexibility index (Phi) is 9.84. The number of methoxy groups -OCH3 is 1. The second-order valence-electron chi connectivity index (χ2n) is 8.87. The van der Waals surface area contributed by atoms with E-state index in [1.54, 1.807) is 24.1 Å². The van der Waals surface area contributed by atoms with Gasteiger partial charge in [0, 0.05) is 31.3 Å². The Balaban J connectivity index is 1.91. The van der Waals surface area contributed by atoms with Gasteiger partial charge in [-0.25, -0.2) is 13.4 Å². The Labute approximate surface area is 218 Å². The van der Waals surface area contributed by atoms with E-state index in [9.17, 15) is 13.2 Å². The molecule has 0 aliphatic rings. The first kappa shape index (κ1) is 28.0. The molecular formula is C26H36N4O4S2. The molecule has 36 heavy (non-hydrogen) atoms. The first-order valence-electron chi connectivity index (χ1n) is 12.2. The maximum Gasteiger partial charge on any atom is 0.260 e. The van der Waals surface area contributed by atoms with Crippen molar-refractivity contribution in [3.63, 3.8) is 0 Å². The molecule has 0 fully saturated rings. The Bertz CT molecular complexity index is 1250. The summed E-state index contributed by atoms with van der Waals surface area (Å²) in [7, 11) is 1.99. The first-order chi connectivity index (χ1) is 17.2. The lowest BCUT2D eigenvalue weighted by Crippen LogP contribution is -2.34. The van der Waals surface area contributed by atoms with Crippen molar-refractivity contribution >= 4 is 42.6 Å². The molecule has 0 atom stereocenters. The number of anilines is 1. The monoisotopic (exact) mass is 532 g/mol. The lowest BCUT2D eigenvalue weighted by atomic mass is 10.2. The number of benzene rings is 2. The van der Waals surface area contributed by atoms with E-state index in [0.717, 1.165) is 36.0 Å². The highest BCUT2D eigenvalue weighted by molar-refractivity contribution is 7.89. The van der Waals surface area contributed by atoms with Crippen LogP contribution >= 0.6 is 11.3 Å². The lowest BCUT2D eigenvalue weighted by Gasteiger charge is -2.22. The zero-order chi connectivity index (χ0) is 26.3. The topological polar surface area (TPSA) is 83.1 Å². The number of fused-ring (bicyclic) bond motifs is 1. The normalized spacial score (nSPS) is 12.0. The van der Waals surface area contributed by atoms with Crippen LogP contribution in [0.3, 0.4) is 0 Å². The number of rotatable bonds is 13. The third-order valence-electron chi connectivity index (χ3n) is 5.73. The molecule has 0 saturated heterocycles. The number of carbonyl (C=O) groups excluding carboxylic acids is 1. The van der Waals surface area contributed by atoms with E-state index in [4.69, 9.17) is 9.72 Å². The Hall–Kier alpha value is -2.53. The van der Waals surface area contributed by atoms with Crippen molar-refractivity contribution in [3.05, 3.63) is 48.0 Å². The summed E-state index contributed by atoms with van der Waals surface area (Å²) in [6.45, 7) is 6.18. The second-order valence-corrected chi connectivity index (χ2v) is 11.8. The summed E-state index contributed by atoms with van der Waals surface area (Å²) in [5.74, 6) is 0.504. The number of amides is 1. The molecule has 0 radical (unpaired) electrons. The van der Waals surface area contributed by atoms with Gasteiger partial charge in [-0.2, -0.15) is 4.31 Å². The number of hydrogen-bond acceptors (Lipinski definition) is 7. The highest BCUT2D eigenvalue weighted by atomic mass is 32.2. The fraction of sp³-hybridized carbons (Fsp3) is 0.462. The molecule has 0 bridgehead atoms. The van der Waals surface area contributed by atoms with E-state index < -0.39 is 10.0 Å². The van der Waals surface area contributed by atoms with Gasteiger partial charge in [-0.1, -0.05) is 25.2 Å². The van der Waals surface area contributed by atoms with E-state index in [1.165, 1.54) is 27.8 Å². The predicted molar refractivity (Wildman–Crippen MR) is 147 cm³/mol. The second kappa shape index (κ2) is 12.6. The van der Waals surface area contributed by atoms with Gasteiger partial charge in [0.25, 0.3) is 5.91 Å². The fourth-order valence-electron chi connectivity index (χ4n) is 3.89. The number of carbonyl (C=O) groups is 1. The predicted octanol–water partition coefficient (Wildman–Crippen LogP) is 4.71. The van der Waals surface area contributed by atoms with Gasteiger partial charge < -0.3 is 9.64 Å². The van der Waals surface area contributed by atoms with Crippen LogP contribution in [-0.2, 0) is 10.0 Å². The SMILES string of the molecule is CCCN(CCC)S(=O)(=O)c1ccc(C(=O)N(CCCN(C)C)c2nc3cc(OC)ccc3s2)cc1. The molecule has 10 heteroatoms. The molecule has 0 N–H and O–H groups in total. The van der Waals surface area contributed by atoms with Gasteiger partial charge in [0.05, 0.1) is 22.2 Å². The van der Waals surface area contributed by atoms with Gasteiger partial charge in [0.1, 0.15) is 5.75 Å². The van der Waals surface area contributed by atoms with Gasteiger partial charge in [0.2, 0.25) is 10.0 Å². The molecule has 0 aliphatic heterocycles. The Morgan fingerprint density at radius 1 is 0.972 bits per heavy atom. The van der Waals surface area contributed by atoms with Crippen LogP contribution in [0.1, 0.15) is 43.5 Å². The standard InChI is InChI=1S/C26H36N4O4S2/c1-6-15-29(16-7-2)36(32,33)22-12-9-20(10-13-22)25(31)30(18-8-17-28(3)4)26-27-23-19-21(34-5)11-14-24(23)35-26/h9-14,19H,6-8,15-18H2,1-5H3. The van der Waals surface area contributed by atoms with Crippen LogP contribution in [0, 0.1) is 0 Å². The fourth-order valence-corrected chi connectivity index (χ4v) is 6.49. The summed E-state index contributed by atoms with van der Waals surface area (Å²) in [5, 5.41) is 0.607. The summed E-state index contributed by atoms with van der Waals surface area (Å²) in [5.41, 5.74) is 1.20. The molecule has 8 nitrogen and oxygen atoms in total. The molecule has 1 aromatic heterocycles. The van der Waals surface area contributed by atoms with Crippen LogP contribution in [0.15, 0.2) is 47.4 Å². The van der Waals surface area contributed by atoms with Crippen LogP contribution in [0.25, 0.3) is 10.2 Å². The van der Waals surface area contributed by atoms with E-state index in [2.05, 4.69) is 4.90 Å². The minimum absolute atomic E-state index is 0.201. The van der Waals surface area contributed by atoms with Crippen LogP contribution in [0.2, 0.25) is 0 Å².